The second kappa shape index (κ2) is 9.84. The lowest BCUT2D eigenvalue weighted by molar-refractivity contribution is -0.247. The van der Waals surface area contributed by atoms with Gasteiger partial charge >= 0.3 is 0 Å². The second-order valence-corrected chi connectivity index (χ2v) is 10.4. The molecule has 0 spiro atoms. The Labute approximate surface area is 228 Å². The number of methoxy groups -OCH3 is 1. The highest BCUT2D eigenvalue weighted by Crippen LogP contribution is 2.52. The zero-order valence-electron chi connectivity index (χ0n) is 21.1. The molecule has 5 rings (SSSR count). The monoisotopic (exact) mass is 561 g/mol. The van der Waals surface area contributed by atoms with Crippen LogP contribution in [-0.4, -0.2) is 80.9 Å². The summed E-state index contributed by atoms with van der Waals surface area (Å²) in [6, 6.07) is 3.69. The normalized spacial score (nSPS) is 29.8. The molecular formula is C27H28ClNO10. The van der Waals surface area contributed by atoms with Gasteiger partial charge in [0.2, 0.25) is 5.78 Å². The number of benzene rings is 2. The molecule has 6 N–H and O–H groups in total. The summed E-state index contributed by atoms with van der Waals surface area (Å²) in [7, 11) is 1.33. The number of rotatable bonds is 5. The molecule has 0 amide bonds. The molecule has 0 aromatic heterocycles. The van der Waals surface area contributed by atoms with E-state index in [4.69, 9.17) is 31.5 Å². The maximum absolute atomic E-state index is 13.7. The summed E-state index contributed by atoms with van der Waals surface area (Å²) in [6.07, 6.45) is -4.83. The Morgan fingerprint density at radius 3 is 2.51 bits per heavy atom. The number of carbonyl (C=O) groups excluding carboxylic acids is 3. The van der Waals surface area contributed by atoms with Crippen molar-refractivity contribution in [1.82, 2.24) is 0 Å². The number of ether oxygens (including phenoxy) is 3. The number of nitrogens with two attached hydrogens (primary N) is 1. The molecule has 1 heterocycles. The van der Waals surface area contributed by atoms with E-state index in [1.54, 1.807) is 6.92 Å². The van der Waals surface area contributed by atoms with Crippen LogP contribution < -0.4 is 10.5 Å². The molecule has 2 aliphatic carbocycles. The largest absolute Gasteiger partial charge is 0.507 e. The SMILES string of the molecule is COc1cccc2c1C(=O)c1c(O)c3c(c(O)c1C2=O)C[C@](O)(C(=O)CCl)C[C@@H]3O[C@@H]1C[C@H](N)[C@H](O)[C@@H](C)O1. The summed E-state index contributed by atoms with van der Waals surface area (Å²) in [5.41, 5.74) is 2.69. The van der Waals surface area contributed by atoms with Crippen molar-refractivity contribution >= 4 is 29.0 Å². The Morgan fingerprint density at radius 2 is 1.87 bits per heavy atom. The molecule has 1 fully saturated rings. The van der Waals surface area contributed by atoms with E-state index in [-0.39, 0.29) is 34.4 Å². The maximum Gasteiger partial charge on any atom is 0.202 e. The van der Waals surface area contributed by atoms with Gasteiger partial charge in [0.1, 0.15) is 22.8 Å². The zero-order chi connectivity index (χ0) is 28.4. The van der Waals surface area contributed by atoms with Gasteiger partial charge in [0.15, 0.2) is 17.9 Å². The van der Waals surface area contributed by atoms with Gasteiger partial charge in [0, 0.05) is 42.0 Å². The van der Waals surface area contributed by atoms with Gasteiger partial charge in [-0.3, -0.25) is 14.4 Å². The zero-order valence-corrected chi connectivity index (χ0v) is 21.9. The van der Waals surface area contributed by atoms with E-state index >= 15 is 0 Å². The standard InChI is InChI=1S/C27H28ClNO10/c1-10-22(31)13(29)6-17(38-10)39-15-8-27(36,16(30)9-28)7-12-19(15)26(35)21-20(24(12)33)23(32)11-4-3-5-14(37-2)18(11)25(21)34/h3-5,10,13,15,17,22,31,33,35-36H,6-9,29H2,1-2H3/t10-,13+,15+,17-,22-,27-/m1/s1. The molecule has 0 bridgehead atoms. The number of hydrogen-bond donors (Lipinski definition) is 5. The molecule has 39 heavy (non-hydrogen) atoms. The number of ketones is 3. The third kappa shape index (κ3) is 4.21. The smallest absolute Gasteiger partial charge is 0.202 e. The molecule has 2 aromatic rings. The minimum atomic E-state index is -2.12. The number of aliphatic hydroxyl groups excluding tert-OH is 1. The van der Waals surface area contributed by atoms with Crippen LogP contribution in [0.4, 0.5) is 0 Å². The van der Waals surface area contributed by atoms with Gasteiger partial charge in [-0.1, -0.05) is 12.1 Å². The van der Waals surface area contributed by atoms with Crippen molar-refractivity contribution in [1.29, 1.82) is 0 Å². The van der Waals surface area contributed by atoms with E-state index in [1.807, 2.05) is 0 Å². The van der Waals surface area contributed by atoms with Crippen LogP contribution in [0.5, 0.6) is 17.2 Å². The molecule has 0 radical (unpaired) electrons. The summed E-state index contributed by atoms with van der Waals surface area (Å²) in [5.74, 6) is -3.99. The van der Waals surface area contributed by atoms with Crippen LogP contribution in [0, 0.1) is 0 Å². The lowest BCUT2D eigenvalue weighted by atomic mass is 9.72. The summed E-state index contributed by atoms with van der Waals surface area (Å²) in [5, 5.41) is 44.3. The van der Waals surface area contributed by atoms with Gasteiger partial charge < -0.3 is 40.4 Å². The minimum Gasteiger partial charge on any atom is -0.507 e. The molecule has 0 saturated carbocycles. The van der Waals surface area contributed by atoms with Crippen molar-refractivity contribution in [2.45, 2.75) is 62.4 Å². The Hall–Kier alpha value is -3.06. The quantitative estimate of drug-likeness (QED) is 0.223. The van der Waals surface area contributed by atoms with E-state index in [0.717, 1.165) is 0 Å². The van der Waals surface area contributed by atoms with Crippen LogP contribution in [0.25, 0.3) is 0 Å². The molecule has 6 atom stereocenters. The maximum atomic E-state index is 13.7. The Morgan fingerprint density at radius 1 is 1.18 bits per heavy atom. The minimum absolute atomic E-state index is 0.0330. The molecule has 1 saturated heterocycles. The number of aromatic hydroxyl groups is 2. The van der Waals surface area contributed by atoms with Crippen LogP contribution >= 0.6 is 11.6 Å². The highest BCUT2D eigenvalue weighted by molar-refractivity contribution is 6.31. The Balaban J connectivity index is 1.69. The molecule has 208 valence electrons. The number of phenols is 2. The number of carbonyl (C=O) groups is 3. The lowest BCUT2D eigenvalue weighted by Gasteiger charge is -2.42. The van der Waals surface area contributed by atoms with Crippen LogP contribution in [0.1, 0.15) is 68.8 Å². The summed E-state index contributed by atoms with van der Waals surface area (Å²) < 4.78 is 17.1. The van der Waals surface area contributed by atoms with E-state index in [1.165, 1.54) is 25.3 Å². The first-order valence-electron chi connectivity index (χ1n) is 12.4. The third-order valence-corrected chi connectivity index (χ3v) is 8.03. The Kier molecular flexibility index (Phi) is 6.94. The fraction of sp³-hybridized carbons (Fsp3) is 0.444. The predicted octanol–water partition coefficient (Wildman–Crippen LogP) is 1.25. The van der Waals surface area contributed by atoms with Gasteiger partial charge in [-0.05, 0) is 13.0 Å². The number of halogens is 1. The number of aliphatic hydroxyl groups is 2. The van der Waals surface area contributed by atoms with Gasteiger partial charge in [-0.2, -0.15) is 0 Å². The van der Waals surface area contributed by atoms with Crippen LogP contribution in [0.2, 0.25) is 0 Å². The third-order valence-electron chi connectivity index (χ3n) is 7.78. The van der Waals surface area contributed by atoms with Gasteiger partial charge in [0.05, 0.1) is 48.0 Å². The average Bonchev–Trinajstić information content (AvgIpc) is 2.90. The van der Waals surface area contributed by atoms with Crippen LogP contribution in [0.3, 0.4) is 0 Å². The first-order valence-corrected chi connectivity index (χ1v) is 12.9. The fourth-order valence-corrected chi connectivity index (χ4v) is 5.98. The van der Waals surface area contributed by atoms with Crippen LogP contribution in [-0.2, 0) is 20.7 Å². The van der Waals surface area contributed by atoms with E-state index in [2.05, 4.69) is 0 Å². The topological polar surface area (TPSA) is 186 Å². The van der Waals surface area contributed by atoms with E-state index in [0.29, 0.717) is 0 Å². The van der Waals surface area contributed by atoms with Gasteiger partial charge in [-0.25, -0.2) is 0 Å². The molecule has 12 heteroatoms. The van der Waals surface area contributed by atoms with Crippen molar-refractivity contribution in [2.75, 3.05) is 13.0 Å². The summed E-state index contributed by atoms with van der Waals surface area (Å²) >= 11 is 5.77. The highest BCUT2D eigenvalue weighted by atomic mass is 35.5. The second-order valence-electron chi connectivity index (χ2n) is 10.1. The molecule has 11 nitrogen and oxygen atoms in total. The van der Waals surface area contributed by atoms with Crippen molar-refractivity contribution in [2.24, 2.45) is 5.73 Å². The molecule has 3 aliphatic rings. The number of phenolic OH excluding ortho intramolecular Hbond substituents is 2. The summed E-state index contributed by atoms with van der Waals surface area (Å²) in [4.78, 5) is 39.9. The molecule has 0 unspecified atom stereocenters. The van der Waals surface area contributed by atoms with Crippen molar-refractivity contribution in [3.05, 3.63) is 51.6 Å². The predicted molar refractivity (Wildman–Crippen MR) is 135 cm³/mol. The average molecular weight is 562 g/mol. The van der Waals surface area contributed by atoms with E-state index in [9.17, 15) is 34.8 Å². The highest BCUT2D eigenvalue weighted by Gasteiger charge is 2.50. The fourth-order valence-electron chi connectivity index (χ4n) is 5.73. The number of Topliss-reactive ketones (excluding diaryl/α,β-unsaturated/α-hetero) is 1. The number of alkyl halides is 1. The van der Waals surface area contributed by atoms with Gasteiger partial charge in [-0.15, -0.1) is 11.6 Å². The summed E-state index contributed by atoms with van der Waals surface area (Å²) in [6.45, 7) is 1.59. The van der Waals surface area contributed by atoms with Crippen LogP contribution in [0.15, 0.2) is 18.2 Å². The lowest BCUT2D eigenvalue weighted by Crippen LogP contribution is -2.52. The van der Waals surface area contributed by atoms with Gasteiger partial charge in [0.25, 0.3) is 0 Å². The Bertz CT molecular complexity index is 1380. The first kappa shape index (κ1) is 27.5. The first-order chi connectivity index (χ1) is 18.4. The number of hydrogen-bond acceptors (Lipinski definition) is 11. The van der Waals surface area contributed by atoms with Crippen molar-refractivity contribution < 1.29 is 49.0 Å². The van der Waals surface area contributed by atoms with Crippen molar-refractivity contribution in [3.63, 3.8) is 0 Å². The molecular weight excluding hydrogens is 534 g/mol. The molecule has 2 aromatic carbocycles. The van der Waals surface area contributed by atoms with E-state index < -0.39 is 94.9 Å². The van der Waals surface area contributed by atoms with Crippen molar-refractivity contribution in [3.8, 4) is 17.2 Å². The number of fused-ring (bicyclic) bond motifs is 3. The molecule has 1 aliphatic heterocycles.